The summed E-state index contributed by atoms with van der Waals surface area (Å²) in [5.41, 5.74) is 0.626. The second-order valence-corrected chi connectivity index (χ2v) is 5.50. The Labute approximate surface area is 111 Å². The van der Waals surface area contributed by atoms with Crippen LogP contribution in [-0.4, -0.2) is 30.0 Å². The number of carbonyl (C=O) groups excluding carboxylic acids is 1. The Morgan fingerprint density at radius 2 is 2.17 bits per heavy atom. The van der Waals surface area contributed by atoms with Crippen LogP contribution in [0.3, 0.4) is 0 Å². The summed E-state index contributed by atoms with van der Waals surface area (Å²) in [6, 6.07) is 6.22. The SMILES string of the molecule is O=C(CNC1CCCSC1)Nc1ccc(F)cc1. The first-order chi connectivity index (χ1) is 8.74. The molecule has 1 heterocycles. The third kappa shape index (κ3) is 4.31. The van der Waals surface area contributed by atoms with E-state index in [1.54, 1.807) is 12.1 Å². The van der Waals surface area contributed by atoms with Crippen molar-refractivity contribution in [1.29, 1.82) is 0 Å². The van der Waals surface area contributed by atoms with Gasteiger partial charge in [0.15, 0.2) is 0 Å². The Bertz CT molecular complexity index is 390. The predicted octanol–water partition coefficient (Wildman–Crippen LogP) is 2.25. The minimum atomic E-state index is -0.301. The molecule has 1 atom stereocenters. The average molecular weight is 268 g/mol. The van der Waals surface area contributed by atoms with Gasteiger partial charge in [0, 0.05) is 17.5 Å². The van der Waals surface area contributed by atoms with E-state index in [0.717, 1.165) is 12.2 Å². The van der Waals surface area contributed by atoms with Crippen molar-refractivity contribution in [3.63, 3.8) is 0 Å². The summed E-state index contributed by atoms with van der Waals surface area (Å²) in [5, 5.41) is 5.98. The standard InChI is InChI=1S/C13H17FN2OS/c14-10-3-5-11(6-4-10)16-13(17)8-15-12-2-1-7-18-9-12/h3-6,12,15H,1-2,7-9H2,(H,16,17). The molecule has 18 heavy (non-hydrogen) atoms. The van der Waals surface area contributed by atoms with Crippen molar-refractivity contribution in [1.82, 2.24) is 5.32 Å². The van der Waals surface area contributed by atoms with E-state index in [1.807, 2.05) is 11.8 Å². The van der Waals surface area contributed by atoms with Crippen LogP contribution in [0.15, 0.2) is 24.3 Å². The molecule has 1 unspecified atom stereocenters. The van der Waals surface area contributed by atoms with E-state index in [2.05, 4.69) is 10.6 Å². The summed E-state index contributed by atoms with van der Waals surface area (Å²) in [4.78, 5) is 11.7. The molecule has 1 saturated heterocycles. The number of hydrogen-bond acceptors (Lipinski definition) is 3. The predicted molar refractivity (Wildman–Crippen MR) is 73.4 cm³/mol. The highest BCUT2D eigenvalue weighted by molar-refractivity contribution is 7.99. The Balaban J connectivity index is 1.73. The minimum absolute atomic E-state index is 0.0859. The van der Waals surface area contributed by atoms with E-state index in [9.17, 15) is 9.18 Å². The van der Waals surface area contributed by atoms with Crippen LogP contribution in [0, 0.1) is 5.82 Å². The highest BCUT2D eigenvalue weighted by atomic mass is 32.2. The lowest BCUT2D eigenvalue weighted by Gasteiger charge is -2.22. The molecule has 0 aromatic heterocycles. The Hall–Kier alpha value is -1.07. The molecule has 1 aliphatic rings. The van der Waals surface area contributed by atoms with Crippen LogP contribution in [0.2, 0.25) is 0 Å². The first-order valence-electron chi connectivity index (χ1n) is 6.10. The van der Waals surface area contributed by atoms with E-state index in [-0.39, 0.29) is 11.7 Å². The van der Waals surface area contributed by atoms with Crippen LogP contribution >= 0.6 is 11.8 Å². The van der Waals surface area contributed by atoms with Crippen LogP contribution in [0.25, 0.3) is 0 Å². The molecule has 1 fully saturated rings. The molecule has 0 radical (unpaired) electrons. The second kappa shape index (κ2) is 6.75. The fourth-order valence-corrected chi connectivity index (χ4v) is 2.98. The molecule has 3 nitrogen and oxygen atoms in total. The second-order valence-electron chi connectivity index (χ2n) is 4.35. The zero-order valence-corrected chi connectivity index (χ0v) is 10.9. The Morgan fingerprint density at radius 1 is 1.39 bits per heavy atom. The number of rotatable bonds is 4. The van der Waals surface area contributed by atoms with Crippen LogP contribution in [0.4, 0.5) is 10.1 Å². The third-order valence-electron chi connectivity index (χ3n) is 2.84. The highest BCUT2D eigenvalue weighted by Crippen LogP contribution is 2.16. The van der Waals surface area contributed by atoms with Gasteiger partial charge in [0.2, 0.25) is 5.91 Å². The van der Waals surface area contributed by atoms with Gasteiger partial charge in [0.1, 0.15) is 5.82 Å². The summed E-state index contributed by atoms with van der Waals surface area (Å²) >= 11 is 1.92. The summed E-state index contributed by atoms with van der Waals surface area (Å²) in [6.07, 6.45) is 2.35. The van der Waals surface area contributed by atoms with Crippen LogP contribution < -0.4 is 10.6 Å². The normalized spacial score (nSPS) is 19.5. The van der Waals surface area contributed by atoms with Gasteiger partial charge in [-0.3, -0.25) is 4.79 Å². The first-order valence-corrected chi connectivity index (χ1v) is 7.26. The molecule has 1 aromatic carbocycles. The Morgan fingerprint density at radius 3 is 2.83 bits per heavy atom. The number of halogens is 1. The number of thioether (sulfide) groups is 1. The zero-order valence-electron chi connectivity index (χ0n) is 10.1. The van der Waals surface area contributed by atoms with Crippen molar-refractivity contribution in [2.75, 3.05) is 23.4 Å². The van der Waals surface area contributed by atoms with Gasteiger partial charge < -0.3 is 10.6 Å². The van der Waals surface area contributed by atoms with E-state index < -0.39 is 0 Å². The summed E-state index contributed by atoms with van der Waals surface area (Å²) in [7, 11) is 0. The molecule has 1 amide bonds. The number of amides is 1. The van der Waals surface area contributed by atoms with E-state index >= 15 is 0 Å². The van der Waals surface area contributed by atoms with Crippen molar-refractivity contribution in [3.05, 3.63) is 30.1 Å². The molecule has 1 aliphatic heterocycles. The van der Waals surface area contributed by atoms with Crippen LogP contribution in [0.1, 0.15) is 12.8 Å². The number of nitrogens with one attached hydrogen (secondary N) is 2. The first kappa shape index (κ1) is 13.4. The molecule has 1 aromatic rings. The van der Waals surface area contributed by atoms with Gasteiger partial charge in [-0.2, -0.15) is 11.8 Å². The number of hydrogen-bond donors (Lipinski definition) is 2. The zero-order chi connectivity index (χ0) is 12.8. The molecule has 5 heteroatoms. The van der Waals surface area contributed by atoms with Crippen molar-refractivity contribution < 1.29 is 9.18 Å². The molecule has 0 spiro atoms. The lowest BCUT2D eigenvalue weighted by atomic mass is 10.2. The van der Waals surface area contributed by atoms with E-state index in [4.69, 9.17) is 0 Å². The van der Waals surface area contributed by atoms with Crippen molar-refractivity contribution in [2.45, 2.75) is 18.9 Å². The molecule has 0 bridgehead atoms. The van der Waals surface area contributed by atoms with Gasteiger partial charge >= 0.3 is 0 Å². The number of anilines is 1. The molecular formula is C13H17FN2OS. The lowest BCUT2D eigenvalue weighted by molar-refractivity contribution is -0.115. The molecule has 0 aliphatic carbocycles. The molecule has 2 rings (SSSR count). The van der Waals surface area contributed by atoms with Gasteiger partial charge in [-0.05, 0) is 42.9 Å². The molecule has 0 saturated carbocycles. The largest absolute Gasteiger partial charge is 0.325 e. The van der Waals surface area contributed by atoms with Gasteiger partial charge in [-0.15, -0.1) is 0 Å². The lowest BCUT2D eigenvalue weighted by Crippen LogP contribution is -2.39. The highest BCUT2D eigenvalue weighted by Gasteiger charge is 2.14. The third-order valence-corrected chi connectivity index (χ3v) is 4.05. The minimum Gasteiger partial charge on any atom is -0.325 e. The molecular weight excluding hydrogens is 251 g/mol. The maximum atomic E-state index is 12.7. The monoisotopic (exact) mass is 268 g/mol. The van der Waals surface area contributed by atoms with Crippen molar-refractivity contribution in [2.24, 2.45) is 0 Å². The van der Waals surface area contributed by atoms with Gasteiger partial charge in [-0.1, -0.05) is 0 Å². The quantitative estimate of drug-likeness (QED) is 0.880. The number of benzene rings is 1. The average Bonchev–Trinajstić information content (AvgIpc) is 2.40. The number of carbonyl (C=O) groups is 1. The van der Waals surface area contributed by atoms with E-state index in [1.165, 1.54) is 24.3 Å². The summed E-state index contributed by atoms with van der Waals surface area (Å²) in [6.45, 7) is 0.308. The fraction of sp³-hybridized carbons (Fsp3) is 0.462. The van der Waals surface area contributed by atoms with E-state index in [0.29, 0.717) is 18.3 Å². The maximum absolute atomic E-state index is 12.7. The van der Waals surface area contributed by atoms with Crippen molar-refractivity contribution in [3.8, 4) is 0 Å². The van der Waals surface area contributed by atoms with Gasteiger partial charge in [0.05, 0.1) is 6.54 Å². The molecule has 98 valence electrons. The topological polar surface area (TPSA) is 41.1 Å². The fourth-order valence-electron chi connectivity index (χ4n) is 1.88. The summed E-state index contributed by atoms with van der Waals surface area (Å²) < 4.78 is 12.7. The van der Waals surface area contributed by atoms with Crippen LogP contribution in [-0.2, 0) is 4.79 Å². The molecule has 2 N–H and O–H groups in total. The van der Waals surface area contributed by atoms with Crippen LogP contribution in [0.5, 0.6) is 0 Å². The maximum Gasteiger partial charge on any atom is 0.238 e. The van der Waals surface area contributed by atoms with Gasteiger partial charge in [0.25, 0.3) is 0 Å². The van der Waals surface area contributed by atoms with Gasteiger partial charge in [-0.25, -0.2) is 4.39 Å². The Kier molecular flexibility index (Phi) is 5.01. The smallest absolute Gasteiger partial charge is 0.238 e. The summed E-state index contributed by atoms with van der Waals surface area (Å²) in [5.74, 6) is 1.91. The van der Waals surface area contributed by atoms with Crippen molar-refractivity contribution >= 4 is 23.4 Å².